The zero-order valence-electron chi connectivity index (χ0n) is 9.73. The van der Waals surface area contributed by atoms with Gasteiger partial charge in [0.05, 0.1) is 0 Å². The molecule has 0 aliphatic rings. The van der Waals surface area contributed by atoms with Gasteiger partial charge < -0.3 is 5.43 Å². The number of nitrogens with zero attached hydrogens (tertiary/aromatic N) is 1. The Labute approximate surface area is 102 Å². The highest BCUT2D eigenvalue weighted by Crippen LogP contribution is 2.26. The van der Waals surface area contributed by atoms with Crippen LogP contribution < -0.4 is 11.3 Å². The van der Waals surface area contributed by atoms with Crippen molar-refractivity contribution in [3.63, 3.8) is 0 Å². The van der Waals surface area contributed by atoms with Crippen molar-refractivity contribution in [1.29, 1.82) is 0 Å². The van der Waals surface area contributed by atoms with Gasteiger partial charge in [-0.05, 0) is 18.1 Å². The Balaban J connectivity index is 2.78. The van der Waals surface area contributed by atoms with Crippen LogP contribution in [0, 0.1) is 17.5 Å². The first kappa shape index (κ1) is 12.6. The molecule has 0 atom stereocenters. The van der Waals surface area contributed by atoms with Gasteiger partial charge in [0.25, 0.3) is 0 Å². The SMILES string of the molecule is CCCc1cc2c(F)cc(F)c(F)c2nc1NN. The first-order chi connectivity index (χ1) is 8.58. The Morgan fingerprint density at radius 3 is 2.56 bits per heavy atom. The molecule has 3 nitrogen and oxygen atoms in total. The van der Waals surface area contributed by atoms with E-state index in [1.807, 2.05) is 6.92 Å². The molecule has 3 N–H and O–H groups in total. The van der Waals surface area contributed by atoms with Crippen molar-refractivity contribution in [3.05, 3.63) is 35.1 Å². The standard InChI is InChI=1S/C12H12F3N3/c1-2-3-6-4-7-8(13)5-9(14)10(15)11(7)17-12(6)18-16/h4-5H,2-3,16H2,1H3,(H,17,18). The van der Waals surface area contributed by atoms with Crippen LogP contribution >= 0.6 is 0 Å². The van der Waals surface area contributed by atoms with E-state index in [-0.39, 0.29) is 16.7 Å². The third-order valence-electron chi connectivity index (χ3n) is 2.69. The van der Waals surface area contributed by atoms with Crippen LogP contribution in [0.4, 0.5) is 19.0 Å². The van der Waals surface area contributed by atoms with Gasteiger partial charge >= 0.3 is 0 Å². The summed E-state index contributed by atoms with van der Waals surface area (Å²) in [5, 5.41) is -0.0450. The lowest BCUT2D eigenvalue weighted by Crippen LogP contribution is -2.12. The molecule has 1 heterocycles. The lowest BCUT2D eigenvalue weighted by molar-refractivity contribution is 0.504. The maximum absolute atomic E-state index is 13.6. The van der Waals surface area contributed by atoms with Gasteiger partial charge in [0.15, 0.2) is 11.6 Å². The molecule has 1 aromatic heterocycles. The van der Waals surface area contributed by atoms with E-state index in [0.29, 0.717) is 18.1 Å². The first-order valence-corrected chi connectivity index (χ1v) is 5.52. The molecular formula is C12H12F3N3. The van der Waals surface area contributed by atoms with Crippen LogP contribution in [0.25, 0.3) is 10.9 Å². The summed E-state index contributed by atoms with van der Waals surface area (Å²) in [5.74, 6) is 2.23. The van der Waals surface area contributed by atoms with E-state index in [4.69, 9.17) is 5.84 Å². The number of nitrogens with two attached hydrogens (primary N) is 1. The average Bonchev–Trinajstić information content (AvgIpc) is 2.36. The lowest BCUT2D eigenvalue weighted by atomic mass is 10.1. The van der Waals surface area contributed by atoms with Gasteiger partial charge in [-0.25, -0.2) is 24.0 Å². The Morgan fingerprint density at radius 2 is 1.94 bits per heavy atom. The monoisotopic (exact) mass is 255 g/mol. The fourth-order valence-electron chi connectivity index (χ4n) is 1.85. The highest BCUT2D eigenvalue weighted by molar-refractivity contribution is 5.83. The molecule has 96 valence electrons. The number of hydrogen-bond acceptors (Lipinski definition) is 3. The second-order valence-corrected chi connectivity index (χ2v) is 3.94. The summed E-state index contributed by atoms with van der Waals surface area (Å²) in [5.41, 5.74) is 2.62. The normalized spacial score (nSPS) is 10.9. The van der Waals surface area contributed by atoms with Crippen LogP contribution in [0.1, 0.15) is 18.9 Å². The van der Waals surface area contributed by atoms with E-state index >= 15 is 0 Å². The second kappa shape index (κ2) is 4.81. The van der Waals surface area contributed by atoms with E-state index in [9.17, 15) is 13.2 Å². The number of anilines is 1. The summed E-state index contributed by atoms with van der Waals surface area (Å²) in [4.78, 5) is 3.84. The minimum Gasteiger partial charge on any atom is -0.308 e. The van der Waals surface area contributed by atoms with Crippen molar-refractivity contribution in [2.45, 2.75) is 19.8 Å². The van der Waals surface area contributed by atoms with Gasteiger partial charge in [-0.1, -0.05) is 13.3 Å². The van der Waals surface area contributed by atoms with Crippen LogP contribution in [-0.4, -0.2) is 4.98 Å². The number of nitrogens with one attached hydrogen (secondary N) is 1. The molecule has 0 radical (unpaired) electrons. The van der Waals surface area contributed by atoms with E-state index in [1.165, 1.54) is 6.07 Å². The van der Waals surface area contributed by atoms with Crippen molar-refractivity contribution < 1.29 is 13.2 Å². The van der Waals surface area contributed by atoms with Crippen molar-refractivity contribution >= 4 is 16.7 Å². The lowest BCUT2D eigenvalue weighted by Gasteiger charge is -2.10. The third-order valence-corrected chi connectivity index (χ3v) is 2.69. The van der Waals surface area contributed by atoms with E-state index in [1.54, 1.807) is 0 Å². The number of hydrogen-bond donors (Lipinski definition) is 2. The van der Waals surface area contributed by atoms with Crippen molar-refractivity contribution in [2.24, 2.45) is 5.84 Å². The zero-order chi connectivity index (χ0) is 13.3. The van der Waals surface area contributed by atoms with Gasteiger partial charge in [0, 0.05) is 11.5 Å². The molecular weight excluding hydrogens is 243 g/mol. The van der Waals surface area contributed by atoms with E-state index in [2.05, 4.69) is 10.4 Å². The minimum absolute atomic E-state index is 0.0450. The summed E-state index contributed by atoms with van der Waals surface area (Å²) in [7, 11) is 0. The quantitative estimate of drug-likeness (QED) is 0.503. The zero-order valence-corrected chi connectivity index (χ0v) is 9.73. The molecule has 0 unspecified atom stereocenters. The molecule has 0 bridgehead atoms. The van der Waals surface area contributed by atoms with Crippen LogP contribution in [0.15, 0.2) is 12.1 Å². The van der Waals surface area contributed by atoms with Crippen LogP contribution in [-0.2, 0) is 6.42 Å². The Hall–Kier alpha value is -1.82. The van der Waals surface area contributed by atoms with E-state index in [0.717, 1.165) is 6.42 Å². The van der Waals surface area contributed by atoms with Gasteiger partial charge in [-0.3, -0.25) is 0 Å². The topological polar surface area (TPSA) is 50.9 Å². The summed E-state index contributed by atoms with van der Waals surface area (Å²) in [6, 6.07) is 1.96. The smallest absolute Gasteiger partial charge is 0.185 e. The minimum atomic E-state index is -1.27. The summed E-state index contributed by atoms with van der Waals surface area (Å²) in [6.45, 7) is 1.94. The number of fused-ring (bicyclic) bond motifs is 1. The number of aromatic nitrogens is 1. The van der Waals surface area contributed by atoms with Crippen LogP contribution in [0.5, 0.6) is 0 Å². The molecule has 18 heavy (non-hydrogen) atoms. The Morgan fingerprint density at radius 1 is 1.22 bits per heavy atom. The number of hydrazine groups is 1. The third kappa shape index (κ3) is 1.99. The van der Waals surface area contributed by atoms with Gasteiger partial charge in [-0.15, -0.1) is 0 Å². The maximum atomic E-state index is 13.6. The van der Waals surface area contributed by atoms with Crippen LogP contribution in [0.2, 0.25) is 0 Å². The molecule has 0 saturated carbocycles. The number of nitrogen functional groups attached to an aromatic ring is 1. The molecule has 0 fully saturated rings. The highest BCUT2D eigenvalue weighted by atomic mass is 19.2. The number of rotatable bonds is 3. The number of pyridine rings is 1. The fourth-order valence-corrected chi connectivity index (χ4v) is 1.85. The molecule has 0 aliphatic heterocycles. The number of halogens is 3. The van der Waals surface area contributed by atoms with Crippen molar-refractivity contribution in [3.8, 4) is 0 Å². The van der Waals surface area contributed by atoms with Crippen molar-refractivity contribution in [1.82, 2.24) is 4.98 Å². The second-order valence-electron chi connectivity index (χ2n) is 3.94. The Bertz CT molecular complexity index is 599. The van der Waals surface area contributed by atoms with Gasteiger partial charge in [0.1, 0.15) is 17.2 Å². The molecule has 2 aromatic rings. The maximum Gasteiger partial charge on any atom is 0.185 e. The van der Waals surface area contributed by atoms with Gasteiger partial charge in [0.2, 0.25) is 0 Å². The predicted octanol–water partition coefficient (Wildman–Crippen LogP) is 2.89. The molecule has 0 amide bonds. The van der Waals surface area contributed by atoms with Crippen LogP contribution in [0.3, 0.4) is 0 Å². The number of benzene rings is 1. The largest absolute Gasteiger partial charge is 0.308 e. The first-order valence-electron chi connectivity index (χ1n) is 5.52. The highest BCUT2D eigenvalue weighted by Gasteiger charge is 2.16. The van der Waals surface area contributed by atoms with Crippen molar-refractivity contribution in [2.75, 3.05) is 5.43 Å². The molecule has 0 aliphatic carbocycles. The summed E-state index contributed by atoms with van der Waals surface area (Å²) < 4.78 is 40.2. The average molecular weight is 255 g/mol. The Kier molecular flexibility index (Phi) is 3.38. The van der Waals surface area contributed by atoms with Gasteiger partial charge in [-0.2, -0.15) is 0 Å². The summed E-state index contributed by atoms with van der Waals surface area (Å²) in [6.07, 6.45) is 1.41. The fraction of sp³-hybridized carbons (Fsp3) is 0.250. The number of aryl methyl sites for hydroxylation is 1. The predicted molar refractivity (Wildman–Crippen MR) is 63.4 cm³/mol. The molecule has 6 heteroatoms. The molecule has 0 spiro atoms. The summed E-state index contributed by atoms with van der Waals surface area (Å²) >= 11 is 0. The molecule has 2 rings (SSSR count). The molecule has 0 saturated heterocycles. The van der Waals surface area contributed by atoms with E-state index < -0.39 is 17.5 Å². The molecule has 1 aromatic carbocycles.